The third-order valence-electron chi connectivity index (χ3n) is 1.37. The number of halogens is 1. The third-order valence-corrected chi connectivity index (χ3v) is 1.37. The Kier molecular flexibility index (Phi) is 1.70. The van der Waals surface area contributed by atoms with Crippen molar-refractivity contribution in [1.82, 2.24) is 15.0 Å². The minimum atomic E-state index is -0.461. The van der Waals surface area contributed by atoms with Crippen molar-refractivity contribution >= 4 is 0 Å². The molecule has 0 bridgehead atoms. The SMILES string of the molecule is CC(C)c1c(F)nnn1C. The van der Waals surface area contributed by atoms with Crippen LogP contribution < -0.4 is 0 Å². The lowest BCUT2D eigenvalue weighted by Crippen LogP contribution is -2.01. The van der Waals surface area contributed by atoms with Gasteiger partial charge in [-0.1, -0.05) is 24.2 Å². The highest BCUT2D eigenvalue weighted by Gasteiger charge is 2.12. The van der Waals surface area contributed by atoms with Gasteiger partial charge in [-0.15, -0.1) is 0 Å². The first kappa shape index (κ1) is 7.18. The van der Waals surface area contributed by atoms with Crippen LogP contribution in [0.3, 0.4) is 0 Å². The molecule has 0 saturated carbocycles. The Balaban J connectivity index is 3.10. The molecule has 0 fully saturated rings. The summed E-state index contributed by atoms with van der Waals surface area (Å²) in [5.41, 5.74) is 0.556. The molecule has 56 valence electrons. The summed E-state index contributed by atoms with van der Waals surface area (Å²) in [7, 11) is 1.69. The van der Waals surface area contributed by atoms with E-state index in [1.165, 1.54) is 4.68 Å². The number of hydrogen-bond acceptors (Lipinski definition) is 2. The van der Waals surface area contributed by atoms with Crippen LogP contribution in [0.2, 0.25) is 0 Å². The molecule has 0 unspecified atom stereocenters. The number of nitrogens with zero attached hydrogens (tertiary/aromatic N) is 3. The summed E-state index contributed by atoms with van der Waals surface area (Å²) in [4.78, 5) is 0. The molecule has 1 heterocycles. The van der Waals surface area contributed by atoms with E-state index in [1.807, 2.05) is 13.8 Å². The average Bonchev–Trinajstić information content (AvgIpc) is 2.11. The van der Waals surface area contributed by atoms with E-state index in [2.05, 4.69) is 10.3 Å². The summed E-state index contributed by atoms with van der Waals surface area (Å²) in [6.45, 7) is 3.81. The van der Waals surface area contributed by atoms with Gasteiger partial charge in [0.05, 0.1) is 5.69 Å². The first-order chi connectivity index (χ1) is 4.63. The molecule has 1 rings (SSSR count). The van der Waals surface area contributed by atoms with Crippen LogP contribution in [0.1, 0.15) is 25.5 Å². The van der Waals surface area contributed by atoms with Crippen molar-refractivity contribution in [2.75, 3.05) is 0 Å². The van der Waals surface area contributed by atoms with E-state index in [9.17, 15) is 4.39 Å². The van der Waals surface area contributed by atoms with Crippen molar-refractivity contribution in [2.24, 2.45) is 7.05 Å². The van der Waals surface area contributed by atoms with E-state index in [0.717, 1.165) is 0 Å². The molecular weight excluding hydrogens is 133 g/mol. The molecule has 1 aromatic rings. The topological polar surface area (TPSA) is 30.7 Å². The average molecular weight is 143 g/mol. The largest absolute Gasteiger partial charge is 0.256 e. The zero-order chi connectivity index (χ0) is 7.72. The van der Waals surface area contributed by atoms with Gasteiger partial charge < -0.3 is 0 Å². The van der Waals surface area contributed by atoms with Crippen LogP contribution in [-0.2, 0) is 7.05 Å². The van der Waals surface area contributed by atoms with Crippen molar-refractivity contribution in [3.63, 3.8) is 0 Å². The smallest absolute Gasteiger partial charge is 0.249 e. The standard InChI is InChI=1S/C6H10FN3/c1-4(2)5-6(7)8-9-10(5)3/h4H,1-3H3. The Hall–Kier alpha value is -0.930. The second-order valence-electron chi connectivity index (χ2n) is 2.54. The normalized spacial score (nSPS) is 10.9. The molecule has 0 aliphatic rings. The van der Waals surface area contributed by atoms with E-state index in [-0.39, 0.29) is 5.92 Å². The van der Waals surface area contributed by atoms with Crippen molar-refractivity contribution in [3.05, 3.63) is 11.6 Å². The highest BCUT2D eigenvalue weighted by Crippen LogP contribution is 2.13. The van der Waals surface area contributed by atoms with Gasteiger partial charge in [0, 0.05) is 7.05 Å². The zero-order valence-corrected chi connectivity index (χ0v) is 6.30. The number of hydrogen-bond donors (Lipinski definition) is 0. The van der Waals surface area contributed by atoms with Gasteiger partial charge >= 0.3 is 0 Å². The van der Waals surface area contributed by atoms with Gasteiger partial charge in [-0.2, -0.15) is 4.39 Å². The van der Waals surface area contributed by atoms with Gasteiger partial charge in [0.2, 0.25) is 0 Å². The van der Waals surface area contributed by atoms with Crippen LogP contribution in [0.4, 0.5) is 4.39 Å². The molecule has 0 aliphatic carbocycles. The van der Waals surface area contributed by atoms with Crippen LogP contribution >= 0.6 is 0 Å². The third kappa shape index (κ3) is 1.01. The second kappa shape index (κ2) is 2.36. The Labute approximate surface area is 58.9 Å². The molecule has 0 aromatic carbocycles. The fourth-order valence-electron chi connectivity index (χ4n) is 0.951. The monoisotopic (exact) mass is 143 g/mol. The van der Waals surface area contributed by atoms with E-state index < -0.39 is 5.95 Å². The second-order valence-corrected chi connectivity index (χ2v) is 2.54. The maximum Gasteiger partial charge on any atom is 0.256 e. The maximum atomic E-state index is 12.7. The number of rotatable bonds is 1. The number of aryl methyl sites for hydroxylation is 1. The van der Waals surface area contributed by atoms with Gasteiger partial charge in [-0.05, 0) is 5.92 Å². The molecule has 0 spiro atoms. The summed E-state index contributed by atoms with van der Waals surface area (Å²) < 4.78 is 14.1. The van der Waals surface area contributed by atoms with Gasteiger partial charge in [0.15, 0.2) is 0 Å². The fourth-order valence-corrected chi connectivity index (χ4v) is 0.951. The van der Waals surface area contributed by atoms with Gasteiger partial charge in [-0.25, -0.2) is 4.68 Å². The van der Waals surface area contributed by atoms with Gasteiger partial charge in [-0.3, -0.25) is 0 Å². The van der Waals surface area contributed by atoms with Crippen molar-refractivity contribution in [1.29, 1.82) is 0 Å². The Morgan fingerprint density at radius 3 is 2.30 bits per heavy atom. The highest BCUT2D eigenvalue weighted by atomic mass is 19.1. The van der Waals surface area contributed by atoms with E-state index in [0.29, 0.717) is 5.69 Å². The fraction of sp³-hybridized carbons (Fsp3) is 0.667. The lowest BCUT2D eigenvalue weighted by atomic mass is 10.1. The van der Waals surface area contributed by atoms with Crippen LogP contribution in [0.5, 0.6) is 0 Å². The summed E-state index contributed by atoms with van der Waals surface area (Å²) >= 11 is 0. The van der Waals surface area contributed by atoms with Gasteiger partial charge in [0.1, 0.15) is 0 Å². The Bertz CT molecular complexity index is 209. The molecule has 4 heteroatoms. The lowest BCUT2D eigenvalue weighted by molar-refractivity contribution is 0.554. The predicted molar refractivity (Wildman–Crippen MR) is 35.0 cm³/mol. The van der Waals surface area contributed by atoms with Crippen molar-refractivity contribution in [3.8, 4) is 0 Å². The molecular formula is C6H10FN3. The zero-order valence-electron chi connectivity index (χ0n) is 6.30. The minimum Gasteiger partial charge on any atom is -0.249 e. The highest BCUT2D eigenvalue weighted by molar-refractivity contribution is 5.01. The summed E-state index contributed by atoms with van der Waals surface area (Å²) in [5.74, 6) is -0.322. The molecule has 0 saturated heterocycles. The van der Waals surface area contributed by atoms with Crippen LogP contribution in [-0.4, -0.2) is 15.0 Å². The van der Waals surface area contributed by atoms with Crippen LogP contribution in [0.25, 0.3) is 0 Å². The maximum absolute atomic E-state index is 12.7. The van der Waals surface area contributed by atoms with E-state index in [4.69, 9.17) is 0 Å². The summed E-state index contributed by atoms with van der Waals surface area (Å²) in [6.07, 6.45) is 0. The Morgan fingerprint density at radius 1 is 1.50 bits per heavy atom. The molecule has 0 aliphatic heterocycles. The Morgan fingerprint density at radius 2 is 2.10 bits per heavy atom. The van der Waals surface area contributed by atoms with Crippen molar-refractivity contribution in [2.45, 2.75) is 19.8 Å². The predicted octanol–water partition coefficient (Wildman–Crippen LogP) is 1.08. The lowest BCUT2D eigenvalue weighted by Gasteiger charge is -2.01. The molecule has 0 radical (unpaired) electrons. The molecule has 3 nitrogen and oxygen atoms in total. The molecule has 1 aromatic heterocycles. The summed E-state index contributed by atoms with van der Waals surface area (Å²) in [6, 6.07) is 0. The molecule has 0 atom stereocenters. The van der Waals surface area contributed by atoms with Crippen LogP contribution in [0, 0.1) is 5.95 Å². The van der Waals surface area contributed by atoms with Crippen molar-refractivity contribution < 1.29 is 4.39 Å². The minimum absolute atomic E-state index is 0.139. The van der Waals surface area contributed by atoms with E-state index >= 15 is 0 Å². The first-order valence-corrected chi connectivity index (χ1v) is 3.18. The van der Waals surface area contributed by atoms with Crippen LogP contribution in [0.15, 0.2) is 0 Å². The molecule has 10 heavy (non-hydrogen) atoms. The summed E-state index contributed by atoms with van der Waals surface area (Å²) in [5, 5.41) is 6.81. The first-order valence-electron chi connectivity index (χ1n) is 3.18. The molecule has 0 N–H and O–H groups in total. The quantitative estimate of drug-likeness (QED) is 0.589. The molecule has 0 amide bonds. The van der Waals surface area contributed by atoms with Gasteiger partial charge in [0.25, 0.3) is 5.95 Å². The number of aromatic nitrogens is 3. The van der Waals surface area contributed by atoms with E-state index in [1.54, 1.807) is 7.05 Å².